The van der Waals surface area contributed by atoms with Crippen LogP contribution in [0.25, 0.3) is 0 Å². The van der Waals surface area contributed by atoms with Gasteiger partial charge in [-0.3, -0.25) is 0 Å². The quantitative estimate of drug-likeness (QED) is 0.656. The van der Waals surface area contributed by atoms with Gasteiger partial charge in [-0.05, 0) is 77.4 Å². The lowest BCUT2D eigenvalue weighted by atomic mass is 9.99. The molecule has 0 aliphatic carbocycles. The Labute approximate surface area is 139 Å². The van der Waals surface area contributed by atoms with Gasteiger partial charge in [0, 0.05) is 14.6 Å². The average Bonchev–Trinajstić information content (AvgIpc) is 2.46. The van der Waals surface area contributed by atoms with Gasteiger partial charge in [0.25, 0.3) is 0 Å². The zero-order valence-corrected chi connectivity index (χ0v) is 14.5. The lowest BCUT2D eigenvalue weighted by Gasteiger charge is -2.19. The van der Waals surface area contributed by atoms with Crippen LogP contribution in [0.1, 0.15) is 30.5 Å². The van der Waals surface area contributed by atoms with Gasteiger partial charge in [-0.15, -0.1) is 0 Å². The van der Waals surface area contributed by atoms with E-state index in [-0.39, 0.29) is 0 Å². The van der Waals surface area contributed by atoms with E-state index in [1.54, 1.807) is 0 Å². The summed E-state index contributed by atoms with van der Waals surface area (Å²) in [5, 5.41) is 4.41. The molecule has 1 atom stereocenters. The molecule has 2 aromatic rings. The third-order valence-corrected chi connectivity index (χ3v) is 4.24. The maximum atomic E-state index is 5.98. The molecule has 0 spiro atoms. The standard InChI is InChI=1S/C17H19ClIN/c1-2-11-20-17(14-5-7-15(18)8-6-14)12-13-3-9-16(19)10-4-13/h3-10,17,20H,2,11-12H2,1H3. The van der Waals surface area contributed by atoms with E-state index in [1.807, 2.05) is 12.1 Å². The van der Waals surface area contributed by atoms with Crippen LogP contribution in [0, 0.1) is 3.57 Å². The summed E-state index contributed by atoms with van der Waals surface area (Å²) < 4.78 is 1.27. The van der Waals surface area contributed by atoms with Gasteiger partial charge in [-0.25, -0.2) is 0 Å². The minimum Gasteiger partial charge on any atom is -0.310 e. The number of hydrogen-bond donors (Lipinski definition) is 1. The van der Waals surface area contributed by atoms with Gasteiger partial charge >= 0.3 is 0 Å². The maximum Gasteiger partial charge on any atom is 0.0406 e. The van der Waals surface area contributed by atoms with Crippen molar-refractivity contribution >= 4 is 34.2 Å². The molecular weight excluding hydrogens is 381 g/mol. The number of halogens is 2. The zero-order chi connectivity index (χ0) is 14.4. The third-order valence-electron chi connectivity index (χ3n) is 3.27. The molecular formula is C17H19ClIN. The van der Waals surface area contributed by atoms with Gasteiger partial charge < -0.3 is 5.32 Å². The van der Waals surface area contributed by atoms with Crippen molar-refractivity contribution in [2.75, 3.05) is 6.54 Å². The second kappa shape index (κ2) is 8.01. The summed E-state index contributed by atoms with van der Waals surface area (Å²) in [6, 6.07) is 17.2. The highest BCUT2D eigenvalue weighted by atomic mass is 127. The van der Waals surface area contributed by atoms with Crippen molar-refractivity contribution < 1.29 is 0 Å². The summed E-state index contributed by atoms with van der Waals surface area (Å²) in [6.45, 7) is 3.22. The molecule has 0 bridgehead atoms. The Bertz CT molecular complexity index is 522. The van der Waals surface area contributed by atoms with E-state index >= 15 is 0 Å². The van der Waals surface area contributed by atoms with E-state index in [9.17, 15) is 0 Å². The van der Waals surface area contributed by atoms with Crippen molar-refractivity contribution in [1.29, 1.82) is 0 Å². The molecule has 1 unspecified atom stereocenters. The van der Waals surface area contributed by atoms with Crippen LogP contribution in [0.5, 0.6) is 0 Å². The maximum absolute atomic E-state index is 5.98. The van der Waals surface area contributed by atoms with E-state index in [0.29, 0.717) is 6.04 Å². The monoisotopic (exact) mass is 399 g/mol. The van der Waals surface area contributed by atoms with Crippen molar-refractivity contribution in [2.45, 2.75) is 25.8 Å². The van der Waals surface area contributed by atoms with Gasteiger partial charge in [0.15, 0.2) is 0 Å². The molecule has 106 valence electrons. The third kappa shape index (κ3) is 4.76. The van der Waals surface area contributed by atoms with Gasteiger partial charge in [-0.2, -0.15) is 0 Å². The van der Waals surface area contributed by atoms with Crippen LogP contribution in [0.15, 0.2) is 48.5 Å². The molecule has 0 aromatic heterocycles. The zero-order valence-electron chi connectivity index (χ0n) is 11.6. The fourth-order valence-electron chi connectivity index (χ4n) is 2.18. The van der Waals surface area contributed by atoms with Crippen LogP contribution in [0.4, 0.5) is 0 Å². The topological polar surface area (TPSA) is 12.0 Å². The largest absolute Gasteiger partial charge is 0.310 e. The van der Waals surface area contributed by atoms with Crippen LogP contribution in [0.2, 0.25) is 5.02 Å². The molecule has 2 rings (SSSR count). The first-order chi connectivity index (χ1) is 9.69. The molecule has 2 aromatic carbocycles. The van der Waals surface area contributed by atoms with E-state index in [4.69, 9.17) is 11.6 Å². The lowest BCUT2D eigenvalue weighted by Crippen LogP contribution is -2.24. The average molecular weight is 400 g/mol. The van der Waals surface area contributed by atoms with Gasteiger partial charge in [0.2, 0.25) is 0 Å². The van der Waals surface area contributed by atoms with Crippen LogP contribution in [0.3, 0.4) is 0 Å². The van der Waals surface area contributed by atoms with Crippen LogP contribution < -0.4 is 5.32 Å². The van der Waals surface area contributed by atoms with Crippen LogP contribution in [-0.2, 0) is 6.42 Å². The van der Waals surface area contributed by atoms with E-state index in [2.05, 4.69) is 71.2 Å². The summed E-state index contributed by atoms with van der Waals surface area (Å²) in [6.07, 6.45) is 2.13. The second-order valence-electron chi connectivity index (χ2n) is 4.89. The van der Waals surface area contributed by atoms with Crippen molar-refractivity contribution in [3.63, 3.8) is 0 Å². The predicted molar refractivity (Wildman–Crippen MR) is 95.3 cm³/mol. The molecule has 0 saturated heterocycles. The molecule has 0 heterocycles. The van der Waals surface area contributed by atoms with Crippen LogP contribution in [-0.4, -0.2) is 6.54 Å². The first-order valence-electron chi connectivity index (χ1n) is 6.92. The smallest absolute Gasteiger partial charge is 0.0406 e. The van der Waals surface area contributed by atoms with Gasteiger partial charge in [-0.1, -0.05) is 42.8 Å². The molecule has 0 amide bonds. The van der Waals surface area contributed by atoms with Gasteiger partial charge in [0.1, 0.15) is 0 Å². The molecule has 0 fully saturated rings. The molecule has 0 aliphatic rings. The van der Waals surface area contributed by atoms with Crippen molar-refractivity contribution in [3.05, 3.63) is 68.3 Å². The Morgan fingerprint density at radius 2 is 1.70 bits per heavy atom. The molecule has 1 N–H and O–H groups in total. The summed E-state index contributed by atoms with van der Waals surface area (Å²) >= 11 is 8.31. The molecule has 0 saturated carbocycles. The predicted octanol–water partition coefficient (Wildman–Crippen LogP) is 5.23. The lowest BCUT2D eigenvalue weighted by molar-refractivity contribution is 0.529. The molecule has 3 heteroatoms. The Hall–Kier alpha value is -0.580. The van der Waals surface area contributed by atoms with E-state index < -0.39 is 0 Å². The van der Waals surface area contributed by atoms with Crippen molar-refractivity contribution in [2.24, 2.45) is 0 Å². The minimum atomic E-state index is 0.340. The highest BCUT2D eigenvalue weighted by Gasteiger charge is 2.11. The molecule has 1 nitrogen and oxygen atoms in total. The number of nitrogens with one attached hydrogen (secondary N) is 1. The number of benzene rings is 2. The van der Waals surface area contributed by atoms with Gasteiger partial charge in [0.05, 0.1) is 0 Å². The first-order valence-corrected chi connectivity index (χ1v) is 8.38. The number of hydrogen-bond acceptors (Lipinski definition) is 1. The second-order valence-corrected chi connectivity index (χ2v) is 6.57. The molecule has 20 heavy (non-hydrogen) atoms. The SMILES string of the molecule is CCCNC(Cc1ccc(I)cc1)c1ccc(Cl)cc1. The molecule has 0 aliphatic heterocycles. The summed E-state index contributed by atoms with van der Waals surface area (Å²) in [7, 11) is 0. The first kappa shape index (κ1) is 15.8. The Morgan fingerprint density at radius 1 is 1.05 bits per heavy atom. The summed E-state index contributed by atoms with van der Waals surface area (Å²) in [5.41, 5.74) is 2.65. The summed E-state index contributed by atoms with van der Waals surface area (Å²) in [4.78, 5) is 0. The van der Waals surface area contributed by atoms with Crippen LogP contribution >= 0.6 is 34.2 Å². The Kier molecular flexibility index (Phi) is 6.33. The highest BCUT2D eigenvalue weighted by Crippen LogP contribution is 2.21. The van der Waals surface area contributed by atoms with Crippen molar-refractivity contribution in [3.8, 4) is 0 Å². The molecule has 0 radical (unpaired) electrons. The minimum absolute atomic E-state index is 0.340. The van der Waals surface area contributed by atoms with Crippen molar-refractivity contribution in [1.82, 2.24) is 5.32 Å². The normalized spacial score (nSPS) is 12.3. The Balaban J connectivity index is 2.14. The van der Waals surface area contributed by atoms with E-state index in [0.717, 1.165) is 24.4 Å². The highest BCUT2D eigenvalue weighted by molar-refractivity contribution is 14.1. The Morgan fingerprint density at radius 3 is 2.30 bits per heavy atom. The van der Waals surface area contributed by atoms with E-state index in [1.165, 1.54) is 14.7 Å². The fourth-order valence-corrected chi connectivity index (χ4v) is 2.66. The fraction of sp³-hybridized carbons (Fsp3) is 0.294. The number of rotatable bonds is 6. The summed E-state index contributed by atoms with van der Waals surface area (Å²) in [5.74, 6) is 0.